The number of hydrogen-bond donors (Lipinski definition) is 2. The second-order valence-corrected chi connectivity index (χ2v) is 4.57. The van der Waals surface area contributed by atoms with Crippen LogP contribution < -0.4 is 11.1 Å². The molecule has 1 aromatic rings. The second kappa shape index (κ2) is 6.20. The van der Waals surface area contributed by atoms with Gasteiger partial charge in [0.2, 0.25) is 0 Å². The van der Waals surface area contributed by atoms with E-state index in [0.29, 0.717) is 35.9 Å². The largest absolute Gasteiger partial charge is 0.360 e. The van der Waals surface area contributed by atoms with Crippen molar-refractivity contribution in [2.45, 2.75) is 39.2 Å². The van der Waals surface area contributed by atoms with Crippen LogP contribution in [-0.4, -0.2) is 23.7 Å². The van der Waals surface area contributed by atoms with E-state index in [4.69, 9.17) is 10.3 Å². The molecule has 5 nitrogen and oxygen atoms in total. The van der Waals surface area contributed by atoms with Gasteiger partial charge >= 0.3 is 0 Å². The summed E-state index contributed by atoms with van der Waals surface area (Å²) >= 11 is 0. The summed E-state index contributed by atoms with van der Waals surface area (Å²) in [5.41, 5.74) is 6.89. The third-order valence-electron chi connectivity index (χ3n) is 3.24. The van der Waals surface area contributed by atoms with E-state index in [-0.39, 0.29) is 24.4 Å². The Kier molecular flexibility index (Phi) is 5.16. The number of aryl methyl sites for hydroxylation is 2. The maximum absolute atomic E-state index is 12.1. The molecule has 0 aromatic carbocycles. The zero-order valence-corrected chi connectivity index (χ0v) is 11.5. The molecule has 3 N–H and O–H groups in total. The van der Waals surface area contributed by atoms with Crippen LogP contribution in [0.25, 0.3) is 0 Å². The molecule has 2 rings (SSSR count). The normalized spacial score (nSPS) is 15.9. The monoisotopic (exact) mass is 273 g/mol. The van der Waals surface area contributed by atoms with Crippen molar-refractivity contribution < 1.29 is 9.32 Å². The van der Waals surface area contributed by atoms with Gasteiger partial charge in [-0.15, -0.1) is 12.4 Å². The van der Waals surface area contributed by atoms with Gasteiger partial charge in [-0.2, -0.15) is 0 Å². The zero-order chi connectivity index (χ0) is 12.4. The average Bonchev–Trinajstić information content (AvgIpc) is 3.09. The summed E-state index contributed by atoms with van der Waals surface area (Å²) in [4.78, 5) is 12.1. The molecule has 1 aliphatic rings. The SMILES string of the molecule is CCc1onc(C)c1C(=O)NC(CN)C1CC1.Cl. The first-order valence-corrected chi connectivity index (χ1v) is 6.13. The molecule has 6 heteroatoms. The maximum atomic E-state index is 12.1. The number of amides is 1. The number of hydrogen-bond acceptors (Lipinski definition) is 4. The maximum Gasteiger partial charge on any atom is 0.257 e. The highest BCUT2D eigenvalue weighted by Gasteiger charge is 2.32. The minimum Gasteiger partial charge on any atom is -0.360 e. The van der Waals surface area contributed by atoms with Crippen LogP contribution in [0.2, 0.25) is 0 Å². The van der Waals surface area contributed by atoms with Gasteiger partial charge < -0.3 is 15.6 Å². The van der Waals surface area contributed by atoms with E-state index in [1.54, 1.807) is 6.92 Å². The van der Waals surface area contributed by atoms with Crippen molar-refractivity contribution in [3.63, 3.8) is 0 Å². The molecule has 0 aliphatic heterocycles. The molecular formula is C12H20ClN3O2. The van der Waals surface area contributed by atoms with Crippen LogP contribution in [-0.2, 0) is 6.42 Å². The predicted octanol–water partition coefficient (Wildman–Crippen LogP) is 1.43. The number of carbonyl (C=O) groups is 1. The van der Waals surface area contributed by atoms with Crippen LogP contribution in [0, 0.1) is 12.8 Å². The van der Waals surface area contributed by atoms with E-state index in [1.165, 1.54) is 0 Å². The van der Waals surface area contributed by atoms with E-state index in [1.807, 2.05) is 6.92 Å². The number of aromatic nitrogens is 1. The molecule has 102 valence electrons. The Labute approximate surface area is 113 Å². The predicted molar refractivity (Wildman–Crippen MR) is 70.9 cm³/mol. The Bertz CT molecular complexity index is 415. The Balaban J connectivity index is 0.00000162. The fraction of sp³-hybridized carbons (Fsp3) is 0.667. The van der Waals surface area contributed by atoms with Crippen LogP contribution in [0.5, 0.6) is 0 Å². The lowest BCUT2D eigenvalue weighted by molar-refractivity contribution is 0.0931. The van der Waals surface area contributed by atoms with Crippen LogP contribution >= 0.6 is 12.4 Å². The van der Waals surface area contributed by atoms with Crippen LogP contribution in [0.15, 0.2) is 4.52 Å². The number of rotatable bonds is 5. The summed E-state index contributed by atoms with van der Waals surface area (Å²) < 4.78 is 5.11. The summed E-state index contributed by atoms with van der Waals surface area (Å²) in [7, 11) is 0. The molecule has 0 spiro atoms. The minimum absolute atomic E-state index is 0. The zero-order valence-electron chi connectivity index (χ0n) is 10.7. The summed E-state index contributed by atoms with van der Waals surface area (Å²) in [6, 6.07) is 0.0847. The number of carbonyl (C=O) groups excluding carboxylic acids is 1. The van der Waals surface area contributed by atoms with Crippen molar-refractivity contribution in [1.29, 1.82) is 0 Å². The van der Waals surface area contributed by atoms with Crippen molar-refractivity contribution in [3.05, 3.63) is 17.0 Å². The summed E-state index contributed by atoms with van der Waals surface area (Å²) in [5.74, 6) is 1.09. The van der Waals surface area contributed by atoms with Crippen molar-refractivity contribution in [2.24, 2.45) is 11.7 Å². The third-order valence-corrected chi connectivity index (χ3v) is 3.24. The van der Waals surface area contributed by atoms with Gasteiger partial charge in [-0.05, 0) is 25.7 Å². The van der Waals surface area contributed by atoms with Gasteiger partial charge in [0.25, 0.3) is 5.91 Å². The van der Waals surface area contributed by atoms with Crippen LogP contribution in [0.1, 0.15) is 41.6 Å². The Hall–Kier alpha value is -1.07. The van der Waals surface area contributed by atoms with Crippen LogP contribution in [0.4, 0.5) is 0 Å². The molecule has 1 atom stereocenters. The summed E-state index contributed by atoms with van der Waals surface area (Å²) in [6.45, 7) is 4.21. The molecule has 1 unspecified atom stereocenters. The summed E-state index contributed by atoms with van der Waals surface area (Å²) in [6.07, 6.45) is 2.98. The van der Waals surface area contributed by atoms with Crippen molar-refractivity contribution >= 4 is 18.3 Å². The van der Waals surface area contributed by atoms with E-state index < -0.39 is 0 Å². The van der Waals surface area contributed by atoms with Crippen molar-refractivity contribution in [2.75, 3.05) is 6.54 Å². The second-order valence-electron chi connectivity index (χ2n) is 4.57. The summed E-state index contributed by atoms with van der Waals surface area (Å²) in [5, 5.41) is 6.82. The van der Waals surface area contributed by atoms with E-state index >= 15 is 0 Å². The van der Waals surface area contributed by atoms with Gasteiger partial charge in [0, 0.05) is 19.0 Å². The first kappa shape index (κ1) is 15.0. The molecule has 0 radical (unpaired) electrons. The van der Waals surface area contributed by atoms with E-state index in [0.717, 1.165) is 12.8 Å². The lowest BCUT2D eigenvalue weighted by Gasteiger charge is -2.15. The topological polar surface area (TPSA) is 81.2 Å². The first-order chi connectivity index (χ1) is 8.17. The fourth-order valence-corrected chi connectivity index (χ4v) is 2.06. The highest BCUT2D eigenvalue weighted by Crippen LogP contribution is 2.32. The average molecular weight is 274 g/mol. The van der Waals surface area contributed by atoms with Gasteiger partial charge in [0.05, 0.1) is 5.69 Å². The van der Waals surface area contributed by atoms with Gasteiger partial charge in [0.1, 0.15) is 11.3 Å². The highest BCUT2D eigenvalue weighted by molar-refractivity contribution is 5.96. The van der Waals surface area contributed by atoms with Gasteiger partial charge in [0.15, 0.2) is 0 Å². The molecule has 1 fully saturated rings. The van der Waals surface area contributed by atoms with Crippen LogP contribution in [0.3, 0.4) is 0 Å². The quantitative estimate of drug-likeness (QED) is 0.850. The Morgan fingerprint density at radius 2 is 2.28 bits per heavy atom. The Morgan fingerprint density at radius 1 is 1.61 bits per heavy atom. The molecule has 1 saturated carbocycles. The van der Waals surface area contributed by atoms with Crippen molar-refractivity contribution in [3.8, 4) is 0 Å². The highest BCUT2D eigenvalue weighted by atomic mass is 35.5. The lowest BCUT2D eigenvalue weighted by Crippen LogP contribution is -2.42. The molecule has 0 bridgehead atoms. The first-order valence-electron chi connectivity index (χ1n) is 6.13. The number of nitrogens with zero attached hydrogens (tertiary/aromatic N) is 1. The molecule has 1 aromatic heterocycles. The molecule has 1 heterocycles. The molecular weight excluding hydrogens is 254 g/mol. The van der Waals surface area contributed by atoms with Gasteiger partial charge in [-0.3, -0.25) is 4.79 Å². The number of nitrogens with one attached hydrogen (secondary N) is 1. The number of nitrogens with two attached hydrogens (primary N) is 1. The van der Waals surface area contributed by atoms with Crippen molar-refractivity contribution in [1.82, 2.24) is 10.5 Å². The molecule has 1 aliphatic carbocycles. The molecule has 1 amide bonds. The van der Waals surface area contributed by atoms with Gasteiger partial charge in [-0.1, -0.05) is 12.1 Å². The smallest absolute Gasteiger partial charge is 0.257 e. The lowest BCUT2D eigenvalue weighted by atomic mass is 10.1. The minimum atomic E-state index is -0.108. The molecule has 0 saturated heterocycles. The number of halogens is 1. The van der Waals surface area contributed by atoms with E-state index in [2.05, 4.69) is 10.5 Å². The van der Waals surface area contributed by atoms with E-state index in [9.17, 15) is 4.79 Å². The standard InChI is InChI=1S/C12H19N3O2.ClH/c1-3-10-11(7(2)15-17-10)12(16)14-9(6-13)8-4-5-8;/h8-9H,3-6,13H2,1-2H3,(H,14,16);1H. The molecule has 18 heavy (non-hydrogen) atoms. The Morgan fingerprint density at radius 3 is 2.78 bits per heavy atom. The van der Waals surface area contributed by atoms with Gasteiger partial charge in [-0.25, -0.2) is 0 Å². The fourth-order valence-electron chi connectivity index (χ4n) is 2.06. The third kappa shape index (κ3) is 3.03.